The molecule has 1 saturated heterocycles. The minimum atomic E-state index is -1.30. The third kappa shape index (κ3) is 11.0. The van der Waals surface area contributed by atoms with Gasteiger partial charge in [-0.05, 0) is 30.5 Å². The first-order chi connectivity index (χ1) is 19.9. The standard InChI is InChI=1S/C28H38N6O7/c1-2-3-12-30-27(38)33-23(26(36)37)16-32-25(35)19-40-22-14-21(15-31-24-11-7-8-13-29-24)34(17-22)28(39)41-18-20-9-5-4-6-10-20/h4-11,13,21-23H,2-3,12,14-19H2,1H3,(H,29,31)(H,32,35)(H,36,37)(H2,30,33,38). The molecule has 41 heavy (non-hydrogen) atoms. The number of aliphatic carboxylic acids is 1. The SMILES string of the molecule is CCCCNC(=O)NC(CNC(=O)COC1CC(CNc2ccccn2)N(C(=O)OCc2ccccc2)C1)C(=O)O. The number of hydrogen-bond acceptors (Lipinski definition) is 8. The van der Waals surface area contributed by atoms with Gasteiger partial charge in [0.2, 0.25) is 5.91 Å². The second-order valence-corrected chi connectivity index (χ2v) is 9.56. The summed E-state index contributed by atoms with van der Waals surface area (Å²) >= 11 is 0. The molecule has 222 valence electrons. The highest BCUT2D eigenvalue weighted by Crippen LogP contribution is 2.22. The van der Waals surface area contributed by atoms with Gasteiger partial charge in [-0.2, -0.15) is 0 Å². The summed E-state index contributed by atoms with van der Waals surface area (Å²) in [6.45, 7) is 2.48. The zero-order valence-corrected chi connectivity index (χ0v) is 23.1. The van der Waals surface area contributed by atoms with E-state index >= 15 is 0 Å². The molecular formula is C28H38N6O7. The highest BCUT2D eigenvalue weighted by molar-refractivity contribution is 5.84. The van der Waals surface area contributed by atoms with Gasteiger partial charge in [-0.1, -0.05) is 49.7 Å². The fourth-order valence-electron chi connectivity index (χ4n) is 4.15. The van der Waals surface area contributed by atoms with Crippen LogP contribution in [0.5, 0.6) is 0 Å². The minimum Gasteiger partial charge on any atom is -0.480 e. The molecule has 0 radical (unpaired) electrons. The molecule has 0 saturated carbocycles. The first-order valence-corrected chi connectivity index (χ1v) is 13.6. The van der Waals surface area contributed by atoms with Crippen molar-refractivity contribution in [3.63, 3.8) is 0 Å². The smallest absolute Gasteiger partial charge is 0.410 e. The summed E-state index contributed by atoms with van der Waals surface area (Å²) in [7, 11) is 0. The highest BCUT2D eigenvalue weighted by Gasteiger charge is 2.37. The van der Waals surface area contributed by atoms with Crippen LogP contribution in [0.4, 0.5) is 15.4 Å². The average Bonchev–Trinajstić information content (AvgIpc) is 3.40. The Morgan fingerprint density at radius 2 is 1.88 bits per heavy atom. The Balaban J connectivity index is 1.49. The normalized spacial score (nSPS) is 16.9. The van der Waals surface area contributed by atoms with Crippen LogP contribution in [0, 0.1) is 0 Å². The van der Waals surface area contributed by atoms with E-state index in [1.165, 1.54) is 0 Å². The van der Waals surface area contributed by atoms with Crippen molar-refractivity contribution in [2.45, 2.75) is 51.0 Å². The number of rotatable bonds is 15. The maximum absolute atomic E-state index is 13.0. The first kappa shape index (κ1) is 31.1. The topological polar surface area (TPSA) is 171 Å². The highest BCUT2D eigenvalue weighted by atomic mass is 16.6. The lowest BCUT2D eigenvalue weighted by molar-refractivity contribution is -0.139. The second kappa shape index (κ2) is 16.7. The molecule has 0 aliphatic carbocycles. The largest absolute Gasteiger partial charge is 0.480 e. The van der Waals surface area contributed by atoms with Gasteiger partial charge < -0.3 is 40.7 Å². The number of unbranched alkanes of at least 4 members (excludes halogenated alkanes) is 1. The Morgan fingerprint density at radius 1 is 1.10 bits per heavy atom. The van der Waals surface area contributed by atoms with Crippen LogP contribution in [0.2, 0.25) is 0 Å². The lowest BCUT2D eigenvalue weighted by Crippen LogP contribution is -2.52. The molecule has 2 aromatic rings. The van der Waals surface area contributed by atoms with Crippen LogP contribution in [-0.4, -0.2) is 90.0 Å². The quantitative estimate of drug-likeness (QED) is 0.201. The molecule has 0 spiro atoms. The zero-order chi connectivity index (χ0) is 29.5. The number of benzene rings is 1. The molecule has 1 aliphatic rings. The Labute approximate surface area is 239 Å². The van der Waals surface area contributed by atoms with E-state index in [0.717, 1.165) is 18.4 Å². The van der Waals surface area contributed by atoms with E-state index in [9.17, 15) is 24.3 Å². The lowest BCUT2D eigenvalue weighted by Gasteiger charge is -2.24. The Kier molecular flexibility index (Phi) is 12.6. The number of urea groups is 1. The fourth-order valence-corrected chi connectivity index (χ4v) is 4.15. The van der Waals surface area contributed by atoms with E-state index in [1.54, 1.807) is 17.2 Å². The number of aromatic nitrogens is 1. The number of nitrogens with zero attached hydrogens (tertiary/aromatic N) is 2. The summed E-state index contributed by atoms with van der Waals surface area (Å²) in [5.74, 6) is -1.16. The molecule has 3 rings (SSSR count). The third-order valence-electron chi connectivity index (χ3n) is 6.37. The number of amides is 4. The van der Waals surface area contributed by atoms with Crippen LogP contribution >= 0.6 is 0 Å². The molecule has 1 aromatic heterocycles. The number of hydrogen-bond donors (Lipinski definition) is 5. The van der Waals surface area contributed by atoms with Crippen LogP contribution in [0.3, 0.4) is 0 Å². The first-order valence-electron chi connectivity index (χ1n) is 13.6. The van der Waals surface area contributed by atoms with Crippen molar-refractivity contribution >= 4 is 29.8 Å². The maximum atomic E-state index is 13.0. The van der Waals surface area contributed by atoms with Gasteiger partial charge in [0.25, 0.3) is 0 Å². The summed E-state index contributed by atoms with van der Waals surface area (Å²) in [6.07, 6.45) is 2.82. The number of anilines is 1. The lowest BCUT2D eigenvalue weighted by atomic mass is 10.2. The van der Waals surface area contributed by atoms with Crippen LogP contribution in [-0.2, 0) is 25.7 Å². The van der Waals surface area contributed by atoms with Gasteiger partial charge in [0, 0.05) is 25.8 Å². The fraction of sp³-hybridized carbons (Fsp3) is 0.464. The zero-order valence-electron chi connectivity index (χ0n) is 23.1. The van der Waals surface area contributed by atoms with Gasteiger partial charge in [0.15, 0.2) is 0 Å². The molecule has 3 atom stereocenters. The molecule has 1 aromatic carbocycles. The number of pyridine rings is 1. The molecule has 13 nitrogen and oxygen atoms in total. The van der Waals surface area contributed by atoms with E-state index in [1.807, 2.05) is 49.4 Å². The van der Waals surface area contributed by atoms with Crippen molar-refractivity contribution in [2.75, 3.05) is 38.1 Å². The van der Waals surface area contributed by atoms with Crippen LogP contribution in [0.1, 0.15) is 31.7 Å². The van der Waals surface area contributed by atoms with E-state index in [-0.39, 0.29) is 32.3 Å². The Bertz CT molecular complexity index is 1120. The van der Waals surface area contributed by atoms with Crippen molar-refractivity contribution in [1.82, 2.24) is 25.8 Å². The number of carboxylic acid groups (broad SMARTS) is 1. The third-order valence-corrected chi connectivity index (χ3v) is 6.37. The van der Waals surface area contributed by atoms with E-state index in [4.69, 9.17) is 9.47 Å². The molecule has 2 heterocycles. The number of nitrogens with one attached hydrogen (secondary N) is 4. The van der Waals surface area contributed by atoms with Gasteiger partial charge in [-0.25, -0.2) is 19.4 Å². The van der Waals surface area contributed by atoms with E-state index in [2.05, 4.69) is 26.3 Å². The number of carbonyl (C=O) groups is 4. The number of ether oxygens (including phenoxy) is 2. The van der Waals surface area contributed by atoms with Crippen molar-refractivity contribution in [2.24, 2.45) is 0 Å². The number of likely N-dealkylation sites (tertiary alicyclic amines) is 1. The Morgan fingerprint density at radius 3 is 2.59 bits per heavy atom. The number of carboxylic acids is 1. The molecule has 5 N–H and O–H groups in total. The summed E-state index contributed by atoms with van der Waals surface area (Å²) in [5, 5.41) is 20.0. The van der Waals surface area contributed by atoms with Crippen LogP contribution < -0.4 is 21.3 Å². The molecular weight excluding hydrogens is 532 g/mol. The molecule has 1 fully saturated rings. The van der Waals surface area contributed by atoms with Gasteiger partial charge in [0.05, 0.1) is 18.7 Å². The van der Waals surface area contributed by atoms with E-state index in [0.29, 0.717) is 25.3 Å². The maximum Gasteiger partial charge on any atom is 0.410 e. The van der Waals surface area contributed by atoms with E-state index < -0.39 is 36.1 Å². The van der Waals surface area contributed by atoms with Gasteiger partial charge >= 0.3 is 18.1 Å². The summed E-state index contributed by atoms with van der Waals surface area (Å²) in [4.78, 5) is 54.6. The number of carbonyl (C=O) groups excluding carboxylic acids is 3. The van der Waals surface area contributed by atoms with Crippen molar-refractivity contribution in [3.05, 3.63) is 60.3 Å². The van der Waals surface area contributed by atoms with Gasteiger partial charge in [-0.3, -0.25) is 4.79 Å². The van der Waals surface area contributed by atoms with Crippen LogP contribution in [0.25, 0.3) is 0 Å². The monoisotopic (exact) mass is 570 g/mol. The molecule has 3 unspecified atom stereocenters. The summed E-state index contributed by atoms with van der Waals surface area (Å²) in [6, 6.07) is 12.6. The molecule has 0 bridgehead atoms. The van der Waals surface area contributed by atoms with Crippen molar-refractivity contribution < 1.29 is 33.8 Å². The van der Waals surface area contributed by atoms with Gasteiger partial charge in [-0.15, -0.1) is 0 Å². The minimum absolute atomic E-state index is 0.125. The molecule has 1 aliphatic heterocycles. The second-order valence-electron chi connectivity index (χ2n) is 9.56. The van der Waals surface area contributed by atoms with Gasteiger partial charge in [0.1, 0.15) is 25.1 Å². The molecule has 4 amide bonds. The molecule has 13 heteroatoms. The summed E-state index contributed by atoms with van der Waals surface area (Å²) < 4.78 is 11.3. The van der Waals surface area contributed by atoms with Crippen molar-refractivity contribution in [1.29, 1.82) is 0 Å². The average molecular weight is 571 g/mol. The Hall–Kier alpha value is -4.39. The predicted molar refractivity (Wildman–Crippen MR) is 150 cm³/mol. The predicted octanol–water partition coefficient (Wildman–Crippen LogP) is 1.96. The van der Waals surface area contributed by atoms with Crippen LogP contribution in [0.15, 0.2) is 54.7 Å². The van der Waals surface area contributed by atoms with Crippen molar-refractivity contribution in [3.8, 4) is 0 Å². The summed E-state index contributed by atoms with van der Waals surface area (Å²) in [5.41, 5.74) is 0.861.